The van der Waals surface area contributed by atoms with Gasteiger partial charge in [0.15, 0.2) is 0 Å². The van der Waals surface area contributed by atoms with Crippen molar-refractivity contribution in [1.29, 1.82) is 0 Å². The number of hydrogen-bond acceptors (Lipinski definition) is 3. The van der Waals surface area contributed by atoms with Crippen molar-refractivity contribution in [2.75, 3.05) is 12.4 Å². The van der Waals surface area contributed by atoms with Gasteiger partial charge >= 0.3 is 0 Å². The second-order valence-corrected chi connectivity index (χ2v) is 5.47. The Morgan fingerprint density at radius 1 is 1.38 bits per heavy atom. The normalized spacial score (nSPS) is 10.9. The van der Waals surface area contributed by atoms with Gasteiger partial charge < -0.3 is 4.90 Å². The molecule has 0 atom stereocenters. The van der Waals surface area contributed by atoms with Crippen molar-refractivity contribution in [2.24, 2.45) is 7.05 Å². The van der Waals surface area contributed by atoms with E-state index in [1.807, 2.05) is 14.0 Å². The first-order valence-corrected chi connectivity index (χ1v) is 7.41. The number of carbonyl (C=O) groups is 1. The minimum absolute atomic E-state index is 0.0449. The number of carbonyl (C=O) groups excluding carboxylic acids is 1. The first-order chi connectivity index (χ1) is 10.0. The van der Waals surface area contributed by atoms with Gasteiger partial charge in [0, 0.05) is 19.8 Å². The van der Waals surface area contributed by atoms with E-state index in [9.17, 15) is 4.79 Å². The molecule has 0 saturated carbocycles. The predicted octanol–water partition coefficient (Wildman–Crippen LogP) is 1.85. The van der Waals surface area contributed by atoms with Crippen molar-refractivity contribution >= 4 is 29.1 Å². The summed E-state index contributed by atoms with van der Waals surface area (Å²) in [5.74, 6) is -0.160. The SMILES string of the molecule is Cc1cnn(C)c1CN(CCn1cc(Cl)cn1)C(=O)CCl. The van der Waals surface area contributed by atoms with Crippen LogP contribution in [0.5, 0.6) is 0 Å². The van der Waals surface area contributed by atoms with E-state index in [4.69, 9.17) is 23.2 Å². The van der Waals surface area contributed by atoms with Gasteiger partial charge in [0.05, 0.1) is 36.2 Å². The summed E-state index contributed by atoms with van der Waals surface area (Å²) < 4.78 is 3.47. The molecule has 6 nitrogen and oxygen atoms in total. The maximum absolute atomic E-state index is 12.0. The molecule has 0 radical (unpaired) electrons. The molecule has 2 aromatic rings. The fraction of sp³-hybridized carbons (Fsp3) is 0.462. The van der Waals surface area contributed by atoms with Crippen LogP contribution in [0.25, 0.3) is 0 Å². The van der Waals surface area contributed by atoms with Gasteiger partial charge in [-0.25, -0.2) is 0 Å². The fourth-order valence-electron chi connectivity index (χ4n) is 2.04. The molecule has 0 N–H and O–H groups in total. The zero-order chi connectivity index (χ0) is 15.4. The van der Waals surface area contributed by atoms with Gasteiger partial charge in [-0.15, -0.1) is 11.6 Å². The van der Waals surface area contributed by atoms with Crippen LogP contribution in [-0.2, 0) is 24.9 Å². The number of halogens is 2. The molecule has 21 heavy (non-hydrogen) atoms. The average molecular weight is 330 g/mol. The number of alkyl halides is 1. The van der Waals surface area contributed by atoms with Crippen LogP contribution < -0.4 is 0 Å². The lowest BCUT2D eigenvalue weighted by atomic mass is 10.2. The predicted molar refractivity (Wildman–Crippen MR) is 81.3 cm³/mol. The van der Waals surface area contributed by atoms with E-state index in [1.165, 1.54) is 0 Å². The zero-order valence-corrected chi connectivity index (χ0v) is 13.5. The second kappa shape index (κ2) is 6.95. The van der Waals surface area contributed by atoms with Crippen molar-refractivity contribution in [3.05, 3.63) is 34.9 Å². The van der Waals surface area contributed by atoms with E-state index in [2.05, 4.69) is 10.2 Å². The fourth-order valence-corrected chi connectivity index (χ4v) is 2.37. The highest BCUT2D eigenvalue weighted by atomic mass is 35.5. The molecule has 0 aliphatic rings. The molecule has 1 amide bonds. The Balaban J connectivity index is 2.06. The van der Waals surface area contributed by atoms with Crippen LogP contribution >= 0.6 is 23.2 Å². The second-order valence-electron chi connectivity index (χ2n) is 4.77. The molecule has 2 heterocycles. The van der Waals surface area contributed by atoms with E-state index in [0.717, 1.165) is 11.3 Å². The molecule has 0 saturated heterocycles. The highest BCUT2D eigenvalue weighted by Crippen LogP contribution is 2.11. The summed E-state index contributed by atoms with van der Waals surface area (Å²) in [6, 6.07) is 0. The Morgan fingerprint density at radius 2 is 2.14 bits per heavy atom. The van der Waals surface area contributed by atoms with Gasteiger partial charge in [-0.1, -0.05) is 11.6 Å². The highest BCUT2D eigenvalue weighted by molar-refractivity contribution is 6.30. The third-order valence-corrected chi connectivity index (χ3v) is 3.70. The first-order valence-electron chi connectivity index (χ1n) is 6.50. The maximum Gasteiger partial charge on any atom is 0.237 e. The highest BCUT2D eigenvalue weighted by Gasteiger charge is 2.16. The average Bonchev–Trinajstić information content (AvgIpc) is 3.02. The zero-order valence-electron chi connectivity index (χ0n) is 12.0. The van der Waals surface area contributed by atoms with Gasteiger partial charge in [0.25, 0.3) is 0 Å². The van der Waals surface area contributed by atoms with Gasteiger partial charge in [-0.3, -0.25) is 14.2 Å². The monoisotopic (exact) mass is 329 g/mol. The molecule has 0 spiro atoms. The minimum Gasteiger partial charge on any atom is -0.334 e. The summed E-state index contributed by atoms with van der Waals surface area (Å²) in [5, 5.41) is 8.86. The molecule has 0 aliphatic carbocycles. The summed E-state index contributed by atoms with van der Waals surface area (Å²) in [6.45, 7) is 3.52. The summed E-state index contributed by atoms with van der Waals surface area (Å²) in [5.41, 5.74) is 2.04. The minimum atomic E-state index is -0.115. The lowest BCUT2D eigenvalue weighted by molar-refractivity contribution is -0.129. The smallest absolute Gasteiger partial charge is 0.237 e. The Bertz CT molecular complexity index is 602. The van der Waals surface area contributed by atoms with Gasteiger partial charge in [-0.2, -0.15) is 10.2 Å². The maximum atomic E-state index is 12.0. The molecule has 2 aromatic heterocycles. The number of aryl methyl sites for hydroxylation is 2. The first kappa shape index (κ1) is 15.9. The topological polar surface area (TPSA) is 56.0 Å². The van der Waals surface area contributed by atoms with Crippen molar-refractivity contribution < 1.29 is 4.79 Å². The summed E-state index contributed by atoms with van der Waals surface area (Å²) >= 11 is 11.5. The van der Waals surface area contributed by atoms with E-state index < -0.39 is 0 Å². The van der Waals surface area contributed by atoms with Crippen LogP contribution in [0.1, 0.15) is 11.3 Å². The lowest BCUT2D eigenvalue weighted by Crippen LogP contribution is -2.35. The number of amides is 1. The van der Waals surface area contributed by atoms with Crippen molar-refractivity contribution in [2.45, 2.75) is 20.0 Å². The summed E-state index contributed by atoms with van der Waals surface area (Å²) in [7, 11) is 1.86. The molecule has 2 rings (SSSR count). The van der Waals surface area contributed by atoms with Crippen LogP contribution in [0, 0.1) is 6.92 Å². The van der Waals surface area contributed by atoms with Gasteiger partial charge in [-0.05, 0) is 12.5 Å². The van der Waals surface area contributed by atoms with E-state index in [-0.39, 0.29) is 11.8 Å². The molecule has 0 bridgehead atoms. The molecule has 0 unspecified atom stereocenters. The molecule has 0 fully saturated rings. The largest absolute Gasteiger partial charge is 0.334 e. The molecule has 114 valence electrons. The Labute approximate surface area is 133 Å². The molecule has 8 heteroatoms. The molecule has 0 aromatic carbocycles. The molecular formula is C13H17Cl2N5O. The van der Waals surface area contributed by atoms with Crippen LogP contribution in [-0.4, -0.2) is 42.8 Å². The van der Waals surface area contributed by atoms with Crippen molar-refractivity contribution in [1.82, 2.24) is 24.5 Å². The third-order valence-electron chi connectivity index (χ3n) is 3.28. The Morgan fingerprint density at radius 3 is 2.67 bits per heavy atom. The standard InChI is InChI=1S/C13H17Cl2N5O/c1-10-6-16-18(2)12(10)9-19(13(21)5-14)3-4-20-8-11(15)7-17-20/h6-8H,3-5,9H2,1-2H3. The van der Waals surface area contributed by atoms with Gasteiger partial charge in [0.2, 0.25) is 5.91 Å². The number of rotatable bonds is 6. The van der Waals surface area contributed by atoms with Crippen molar-refractivity contribution in [3.8, 4) is 0 Å². The van der Waals surface area contributed by atoms with E-state index >= 15 is 0 Å². The number of aromatic nitrogens is 4. The van der Waals surface area contributed by atoms with Crippen molar-refractivity contribution in [3.63, 3.8) is 0 Å². The number of nitrogens with zero attached hydrogens (tertiary/aromatic N) is 5. The summed E-state index contributed by atoms with van der Waals surface area (Å²) in [4.78, 5) is 13.7. The third kappa shape index (κ3) is 3.98. The van der Waals surface area contributed by atoms with E-state index in [0.29, 0.717) is 24.7 Å². The lowest BCUT2D eigenvalue weighted by Gasteiger charge is -2.22. The Kier molecular flexibility index (Phi) is 5.25. The number of hydrogen-bond donors (Lipinski definition) is 0. The molecule has 0 aliphatic heterocycles. The van der Waals surface area contributed by atoms with Gasteiger partial charge in [0.1, 0.15) is 5.88 Å². The van der Waals surface area contributed by atoms with Crippen LogP contribution in [0.4, 0.5) is 0 Å². The summed E-state index contributed by atoms with van der Waals surface area (Å²) in [6.07, 6.45) is 5.08. The quantitative estimate of drug-likeness (QED) is 0.760. The van der Waals surface area contributed by atoms with Crippen LogP contribution in [0.2, 0.25) is 5.02 Å². The Hall–Kier alpha value is -1.53. The van der Waals surface area contributed by atoms with E-state index in [1.54, 1.807) is 32.9 Å². The van der Waals surface area contributed by atoms with Crippen LogP contribution in [0.15, 0.2) is 18.6 Å². The molecular weight excluding hydrogens is 313 g/mol. The van der Waals surface area contributed by atoms with Crippen LogP contribution in [0.3, 0.4) is 0 Å².